The van der Waals surface area contributed by atoms with E-state index in [9.17, 15) is 14.7 Å². The van der Waals surface area contributed by atoms with Gasteiger partial charge in [0, 0.05) is 11.8 Å². The maximum atomic E-state index is 12.4. The average molecular weight is 327 g/mol. The molecule has 0 bridgehead atoms. The van der Waals surface area contributed by atoms with Gasteiger partial charge >= 0.3 is 5.97 Å². The number of nitrogens with zero attached hydrogens (tertiary/aromatic N) is 2. The summed E-state index contributed by atoms with van der Waals surface area (Å²) in [5.41, 5.74) is 1.65. The van der Waals surface area contributed by atoms with E-state index in [1.54, 1.807) is 6.92 Å². The average Bonchev–Trinajstić information content (AvgIpc) is 2.54. The molecule has 2 N–H and O–H groups in total. The molecule has 1 heterocycles. The van der Waals surface area contributed by atoms with Crippen LogP contribution in [0.15, 0.2) is 36.5 Å². The summed E-state index contributed by atoms with van der Waals surface area (Å²) in [6, 6.07) is 8.52. The smallest absolute Gasteiger partial charge is 0.326 e. The van der Waals surface area contributed by atoms with Crippen molar-refractivity contribution < 1.29 is 14.7 Å². The summed E-state index contributed by atoms with van der Waals surface area (Å²) in [5, 5.41) is 11.8. The first-order valence-corrected chi connectivity index (χ1v) is 7.81. The van der Waals surface area contributed by atoms with E-state index in [0.717, 1.165) is 5.56 Å². The van der Waals surface area contributed by atoms with Crippen molar-refractivity contribution >= 4 is 11.9 Å². The fourth-order valence-electron chi connectivity index (χ4n) is 2.35. The molecule has 0 aliphatic heterocycles. The molecule has 126 valence electrons. The Morgan fingerprint density at radius 3 is 2.42 bits per heavy atom. The van der Waals surface area contributed by atoms with E-state index in [4.69, 9.17) is 0 Å². The second kappa shape index (κ2) is 7.68. The van der Waals surface area contributed by atoms with Crippen LogP contribution in [0, 0.1) is 12.8 Å². The third-order valence-electron chi connectivity index (χ3n) is 3.57. The third-order valence-corrected chi connectivity index (χ3v) is 3.57. The number of hydrogen-bond donors (Lipinski definition) is 2. The Bertz CT molecular complexity index is 730. The van der Waals surface area contributed by atoms with E-state index in [1.165, 1.54) is 6.20 Å². The molecule has 2 rings (SSSR count). The zero-order chi connectivity index (χ0) is 17.7. The van der Waals surface area contributed by atoms with Gasteiger partial charge in [0.05, 0.1) is 11.3 Å². The molecule has 1 atom stereocenters. The van der Waals surface area contributed by atoms with Gasteiger partial charge in [-0.2, -0.15) is 0 Å². The van der Waals surface area contributed by atoms with Crippen molar-refractivity contribution in [2.45, 2.75) is 33.2 Å². The van der Waals surface area contributed by atoms with Gasteiger partial charge < -0.3 is 10.4 Å². The van der Waals surface area contributed by atoms with Crippen molar-refractivity contribution in [1.29, 1.82) is 0 Å². The predicted octanol–water partition coefficient (Wildman–Crippen LogP) is 2.68. The van der Waals surface area contributed by atoms with Crippen molar-refractivity contribution in [2.24, 2.45) is 5.92 Å². The van der Waals surface area contributed by atoms with Gasteiger partial charge in [0.1, 0.15) is 6.04 Å². The number of rotatable bonds is 6. The lowest BCUT2D eigenvalue weighted by Crippen LogP contribution is -2.42. The first-order valence-electron chi connectivity index (χ1n) is 7.81. The Kier molecular flexibility index (Phi) is 5.63. The number of carboxylic acid groups (broad SMARTS) is 1. The van der Waals surface area contributed by atoms with Crippen LogP contribution < -0.4 is 5.32 Å². The maximum absolute atomic E-state index is 12.4. The molecule has 0 radical (unpaired) electrons. The maximum Gasteiger partial charge on any atom is 0.326 e. The van der Waals surface area contributed by atoms with Crippen LogP contribution in [0.1, 0.15) is 36.3 Å². The molecule has 0 aliphatic rings. The second-order valence-electron chi connectivity index (χ2n) is 6.05. The molecule has 24 heavy (non-hydrogen) atoms. The third kappa shape index (κ3) is 4.38. The van der Waals surface area contributed by atoms with Crippen molar-refractivity contribution in [2.75, 3.05) is 0 Å². The van der Waals surface area contributed by atoms with Crippen molar-refractivity contribution in [3.05, 3.63) is 47.8 Å². The van der Waals surface area contributed by atoms with Gasteiger partial charge in [0.25, 0.3) is 5.91 Å². The summed E-state index contributed by atoms with van der Waals surface area (Å²) in [7, 11) is 0. The van der Waals surface area contributed by atoms with Crippen LogP contribution in [-0.4, -0.2) is 33.0 Å². The lowest BCUT2D eigenvalue weighted by atomic mass is 10.0. The minimum atomic E-state index is -1.04. The molecule has 6 nitrogen and oxygen atoms in total. The highest BCUT2D eigenvalue weighted by Crippen LogP contribution is 2.16. The molecule has 0 fully saturated rings. The van der Waals surface area contributed by atoms with E-state index < -0.39 is 17.9 Å². The van der Waals surface area contributed by atoms with E-state index >= 15 is 0 Å². The molecule has 2 aromatic rings. The molecule has 1 amide bonds. The minimum absolute atomic E-state index is 0.157. The standard InChI is InChI=1S/C18H21N3O3/c1-11(2)9-15(18(23)24)21-17(22)14-10-19-16(20-12(14)3)13-7-5-4-6-8-13/h4-8,10-11,15H,9H2,1-3H3,(H,21,22)(H,23,24)/t15-/m0/s1. The molecule has 1 aromatic heterocycles. The van der Waals surface area contributed by atoms with E-state index in [-0.39, 0.29) is 11.5 Å². The quantitative estimate of drug-likeness (QED) is 0.851. The van der Waals surface area contributed by atoms with Crippen molar-refractivity contribution in [3.8, 4) is 11.4 Å². The van der Waals surface area contributed by atoms with Gasteiger partial charge in [-0.15, -0.1) is 0 Å². The summed E-state index contributed by atoms with van der Waals surface area (Å²) in [6.45, 7) is 5.53. The predicted molar refractivity (Wildman–Crippen MR) is 90.6 cm³/mol. The van der Waals surface area contributed by atoms with Gasteiger partial charge in [0.2, 0.25) is 0 Å². The van der Waals surface area contributed by atoms with Gasteiger partial charge in [0.15, 0.2) is 5.82 Å². The lowest BCUT2D eigenvalue weighted by Gasteiger charge is -2.17. The molecule has 0 saturated heterocycles. The van der Waals surface area contributed by atoms with Gasteiger partial charge in [-0.1, -0.05) is 44.2 Å². The number of carbonyl (C=O) groups is 2. The topological polar surface area (TPSA) is 92.2 Å². The van der Waals surface area contributed by atoms with E-state index in [2.05, 4.69) is 15.3 Å². The highest BCUT2D eigenvalue weighted by molar-refractivity contribution is 5.97. The first-order chi connectivity index (χ1) is 11.4. The summed E-state index contributed by atoms with van der Waals surface area (Å²) >= 11 is 0. The minimum Gasteiger partial charge on any atom is -0.480 e. The van der Waals surface area contributed by atoms with Crippen LogP contribution in [0.4, 0.5) is 0 Å². The molecular weight excluding hydrogens is 306 g/mol. The van der Waals surface area contributed by atoms with Crippen LogP contribution in [-0.2, 0) is 4.79 Å². The molecule has 0 unspecified atom stereocenters. The monoisotopic (exact) mass is 327 g/mol. The largest absolute Gasteiger partial charge is 0.480 e. The summed E-state index contributed by atoms with van der Waals surface area (Å²) in [6.07, 6.45) is 1.80. The SMILES string of the molecule is Cc1nc(-c2ccccc2)ncc1C(=O)N[C@@H](CC(C)C)C(=O)O. The molecule has 1 aromatic carbocycles. The Hall–Kier alpha value is -2.76. The molecule has 0 aliphatic carbocycles. The Labute approximate surface area is 141 Å². The number of amides is 1. The summed E-state index contributed by atoms with van der Waals surface area (Å²) in [5.74, 6) is -0.831. The number of aromatic nitrogens is 2. The van der Waals surface area contributed by atoms with Gasteiger partial charge in [-0.3, -0.25) is 4.79 Å². The van der Waals surface area contributed by atoms with Crippen LogP contribution in [0.2, 0.25) is 0 Å². The number of aryl methyl sites for hydroxylation is 1. The van der Waals surface area contributed by atoms with Crippen LogP contribution in [0.5, 0.6) is 0 Å². The highest BCUT2D eigenvalue weighted by Gasteiger charge is 2.23. The number of carboxylic acids is 1. The summed E-state index contributed by atoms with van der Waals surface area (Å²) < 4.78 is 0. The normalized spacial score (nSPS) is 12.0. The van der Waals surface area contributed by atoms with Crippen LogP contribution >= 0.6 is 0 Å². The Balaban J connectivity index is 2.19. The van der Waals surface area contributed by atoms with Crippen molar-refractivity contribution in [1.82, 2.24) is 15.3 Å². The number of nitrogens with one attached hydrogen (secondary N) is 1. The number of carbonyl (C=O) groups excluding carboxylic acids is 1. The highest BCUT2D eigenvalue weighted by atomic mass is 16.4. The molecule has 0 spiro atoms. The number of hydrogen-bond acceptors (Lipinski definition) is 4. The fourth-order valence-corrected chi connectivity index (χ4v) is 2.35. The first kappa shape index (κ1) is 17.6. The lowest BCUT2D eigenvalue weighted by molar-refractivity contribution is -0.139. The molecular formula is C18H21N3O3. The van der Waals surface area contributed by atoms with Crippen LogP contribution in [0.25, 0.3) is 11.4 Å². The zero-order valence-corrected chi connectivity index (χ0v) is 14.0. The second-order valence-corrected chi connectivity index (χ2v) is 6.05. The summed E-state index contributed by atoms with van der Waals surface area (Å²) in [4.78, 5) is 32.2. The number of aliphatic carboxylic acids is 1. The van der Waals surface area contributed by atoms with E-state index in [1.807, 2.05) is 44.2 Å². The Morgan fingerprint density at radius 2 is 1.88 bits per heavy atom. The number of benzene rings is 1. The molecule has 0 saturated carbocycles. The van der Waals surface area contributed by atoms with Crippen LogP contribution in [0.3, 0.4) is 0 Å². The van der Waals surface area contributed by atoms with Gasteiger partial charge in [-0.25, -0.2) is 14.8 Å². The zero-order valence-electron chi connectivity index (χ0n) is 14.0. The van der Waals surface area contributed by atoms with Crippen molar-refractivity contribution in [3.63, 3.8) is 0 Å². The molecule has 6 heteroatoms. The van der Waals surface area contributed by atoms with E-state index in [0.29, 0.717) is 17.9 Å². The fraction of sp³-hybridized carbons (Fsp3) is 0.333. The van der Waals surface area contributed by atoms with Gasteiger partial charge in [-0.05, 0) is 19.3 Å². The Morgan fingerprint density at radius 1 is 1.21 bits per heavy atom.